The normalized spacial score (nSPS) is 10.5. The molecule has 0 fully saturated rings. The second kappa shape index (κ2) is 2.88. The lowest BCUT2D eigenvalue weighted by atomic mass is 10.2. The predicted octanol–water partition coefficient (Wildman–Crippen LogP) is 1.29. The molecule has 0 saturated carbocycles. The maximum atomic E-state index is 10.6. The predicted molar refractivity (Wildman–Crippen MR) is 50.3 cm³/mol. The minimum atomic E-state index is -1.16. The van der Waals surface area contributed by atoms with Crippen molar-refractivity contribution in [1.82, 2.24) is 4.98 Å². The second-order valence-electron chi connectivity index (χ2n) is 2.68. The van der Waals surface area contributed by atoms with Gasteiger partial charge in [-0.05, 0) is 12.1 Å². The van der Waals surface area contributed by atoms with Gasteiger partial charge in [0.1, 0.15) is 0 Å². The van der Waals surface area contributed by atoms with Gasteiger partial charge in [0.2, 0.25) is 0 Å². The van der Waals surface area contributed by atoms with Gasteiger partial charge in [-0.1, -0.05) is 22.0 Å². The zero-order valence-electron chi connectivity index (χ0n) is 6.50. The third kappa shape index (κ3) is 1.33. The minimum absolute atomic E-state index is 0.197. The molecule has 13 heavy (non-hydrogen) atoms. The van der Waals surface area contributed by atoms with E-state index in [1.807, 2.05) is 6.07 Å². The standard InChI is InChI=1S/C9H6BrNO2/c10-5-1-2-6-7(9(12)13)4-11-8(6)3-5/h1-4,11H,(H,12,13)/p-1. The summed E-state index contributed by atoms with van der Waals surface area (Å²) < 4.78 is 0.909. The number of hydrogen-bond donors (Lipinski definition) is 1. The Morgan fingerprint density at radius 2 is 2.23 bits per heavy atom. The number of benzene rings is 1. The van der Waals surface area contributed by atoms with Crippen molar-refractivity contribution in [3.8, 4) is 0 Å². The van der Waals surface area contributed by atoms with Crippen LogP contribution in [0.1, 0.15) is 10.4 Å². The van der Waals surface area contributed by atoms with Gasteiger partial charge in [0.25, 0.3) is 0 Å². The van der Waals surface area contributed by atoms with E-state index in [1.54, 1.807) is 12.1 Å². The molecule has 0 radical (unpaired) electrons. The number of aromatic amines is 1. The van der Waals surface area contributed by atoms with Crippen LogP contribution in [0.15, 0.2) is 28.9 Å². The summed E-state index contributed by atoms with van der Waals surface area (Å²) in [5.74, 6) is -1.16. The summed E-state index contributed by atoms with van der Waals surface area (Å²) in [4.78, 5) is 13.5. The first-order valence-corrected chi connectivity index (χ1v) is 4.46. The lowest BCUT2D eigenvalue weighted by Gasteiger charge is -1.98. The molecule has 0 spiro atoms. The monoisotopic (exact) mass is 238 g/mol. The molecule has 4 heteroatoms. The molecule has 0 aliphatic rings. The summed E-state index contributed by atoms with van der Waals surface area (Å²) in [6.45, 7) is 0. The molecule has 2 rings (SSSR count). The number of H-pyrrole nitrogens is 1. The van der Waals surface area contributed by atoms with Crippen LogP contribution in [0.3, 0.4) is 0 Å². The number of halogens is 1. The first kappa shape index (κ1) is 8.31. The minimum Gasteiger partial charge on any atom is -0.545 e. The molecular weight excluding hydrogens is 234 g/mol. The Morgan fingerprint density at radius 3 is 2.92 bits per heavy atom. The van der Waals surface area contributed by atoms with Crippen molar-refractivity contribution in [2.24, 2.45) is 0 Å². The van der Waals surface area contributed by atoms with Crippen molar-refractivity contribution in [3.05, 3.63) is 34.4 Å². The number of nitrogens with one attached hydrogen (secondary N) is 1. The maximum absolute atomic E-state index is 10.6. The van der Waals surface area contributed by atoms with Crippen LogP contribution >= 0.6 is 15.9 Å². The summed E-state index contributed by atoms with van der Waals surface area (Å²) in [5.41, 5.74) is 0.982. The SMILES string of the molecule is O=C([O-])c1c[nH]c2cc(Br)ccc12. The largest absolute Gasteiger partial charge is 0.545 e. The van der Waals surface area contributed by atoms with Gasteiger partial charge in [-0.15, -0.1) is 0 Å². The molecule has 2 aromatic rings. The van der Waals surface area contributed by atoms with Crippen LogP contribution in [0.25, 0.3) is 10.9 Å². The molecular formula is C9H5BrNO2-. The molecule has 0 bridgehead atoms. The van der Waals surface area contributed by atoms with Crippen molar-refractivity contribution in [2.75, 3.05) is 0 Å². The van der Waals surface area contributed by atoms with Crippen LogP contribution in [0.4, 0.5) is 0 Å². The van der Waals surface area contributed by atoms with Gasteiger partial charge < -0.3 is 14.9 Å². The van der Waals surface area contributed by atoms with Crippen LogP contribution < -0.4 is 5.11 Å². The second-order valence-corrected chi connectivity index (χ2v) is 3.60. The third-order valence-electron chi connectivity index (χ3n) is 1.86. The van der Waals surface area contributed by atoms with E-state index in [9.17, 15) is 9.90 Å². The average molecular weight is 239 g/mol. The molecule has 66 valence electrons. The Morgan fingerprint density at radius 1 is 1.46 bits per heavy atom. The molecule has 0 aliphatic heterocycles. The topological polar surface area (TPSA) is 55.9 Å². The quantitative estimate of drug-likeness (QED) is 0.815. The van der Waals surface area contributed by atoms with Gasteiger partial charge in [-0.2, -0.15) is 0 Å². The fraction of sp³-hybridized carbons (Fsp3) is 0. The Kier molecular flexibility index (Phi) is 1.84. The lowest BCUT2D eigenvalue weighted by Crippen LogP contribution is -2.21. The van der Waals surface area contributed by atoms with E-state index in [2.05, 4.69) is 20.9 Å². The highest BCUT2D eigenvalue weighted by molar-refractivity contribution is 9.10. The van der Waals surface area contributed by atoms with Crippen LogP contribution in [-0.2, 0) is 0 Å². The highest BCUT2D eigenvalue weighted by atomic mass is 79.9. The Hall–Kier alpha value is -1.29. The van der Waals surface area contributed by atoms with Crippen molar-refractivity contribution in [1.29, 1.82) is 0 Å². The molecule has 1 heterocycles. The first-order valence-electron chi connectivity index (χ1n) is 3.66. The van der Waals surface area contributed by atoms with E-state index in [0.717, 1.165) is 9.99 Å². The van der Waals surface area contributed by atoms with Gasteiger partial charge in [0.15, 0.2) is 0 Å². The van der Waals surface area contributed by atoms with E-state index in [4.69, 9.17) is 0 Å². The number of fused-ring (bicyclic) bond motifs is 1. The zero-order chi connectivity index (χ0) is 9.42. The van der Waals surface area contributed by atoms with Gasteiger partial charge in [0.05, 0.1) is 5.97 Å². The van der Waals surface area contributed by atoms with E-state index in [-0.39, 0.29) is 5.56 Å². The summed E-state index contributed by atoms with van der Waals surface area (Å²) in [7, 11) is 0. The average Bonchev–Trinajstić information content (AvgIpc) is 2.46. The highest BCUT2D eigenvalue weighted by Crippen LogP contribution is 2.21. The van der Waals surface area contributed by atoms with Crippen LogP contribution in [0.2, 0.25) is 0 Å². The number of hydrogen-bond acceptors (Lipinski definition) is 2. The van der Waals surface area contributed by atoms with Crippen molar-refractivity contribution < 1.29 is 9.90 Å². The van der Waals surface area contributed by atoms with Crippen LogP contribution in [0.5, 0.6) is 0 Å². The zero-order valence-corrected chi connectivity index (χ0v) is 8.09. The Bertz CT molecular complexity index is 475. The van der Waals surface area contributed by atoms with E-state index in [1.165, 1.54) is 6.20 Å². The number of carboxylic acids is 1. The van der Waals surface area contributed by atoms with Crippen LogP contribution in [-0.4, -0.2) is 11.0 Å². The summed E-state index contributed by atoms with van der Waals surface area (Å²) in [5, 5.41) is 11.3. The number of rotatable bonds is 1. The highest BCUT2D eigenvalue weighted by Gasteiger charge is 2.03. The molecule has 3 nitrogen and oxygen atoms in total. The van der Waals surface area contributed by atoms with E-state index < -0.39 is 5.97 Å². The van der Waals surface area contributed by atoms with Crippen molar-refractivity contribution in [3.63, 3.8) is 0 Å². The molecule has 0 atom stereocenters. The van der Waals surface area contributed by atoms with Gasteiger partial charge in [0, 0.05) is 27.1 Å². The van der Waals surface area contributed by atoms with E-state index in [0.29, 0.717) is 5.39 Å². The summed E-state index contributed by atoms with van der Waals surface area (Å²) in [6, 6.07) is 5.35. The van der Waals surface area contributed by atoms with Crippen LogP contribution in [0, 0.1) is 0 Å². The number of aromatic nitrogens is 1. The third-order valence-corrected chi connectivity index (χ3v) is 2.36. The Balaban J connectivity index is 2.76. The number of aromatic carboxylic acids is 1. The molecule has 0 saturated heterocycles. The fourth-order valence-electron chi connectivity index (χ4n) is 1.27. The number of carbonyl (C=O) groups excluding carboxylic acids is 1. The Labute approximate surface area is 82.5 Å². The molecule has 1 aromatic heterocycles. The number of carbonyl (C=O) groups is 1. The van der Waals surface area contributed by atoms with Crippen molar-refractivity contribution in [2.45, 2.75) is 0 Å². The van der Waals surface area contributed by atoms with Gasteiger partial charge >= 0.3 is 0 Å². The molecule has 0 unspecified atom stereocenters. The van der Waals surface area contributed by atoms with Crippen molar-refractivity contribution >= 4 is 32.8 Å². The molecule has 1 N–H and O–H groups in total. The smallest absolute Gasteiger partial charge is 0.0736 e. The molecule has 0 aliphatic carbocycles. The van der Waals surface area contributed by atoms with E-state index >= 15 is 0 Å². The number of carboxylic acid groups (broad SMARTS) is 1. The first-order chi connectivity index (χ1) is 6.18. The summed E-state index contributed by atoms with van der Waals surface area (Å²) in [6.07, 6.45) is 1.44. The molecule has 1 aromatic carbocycles. The fourth-order valence-corrected chi connectivity index (χ4v) is 1.63. The van der Waals surface area contributed by atoms with Gasteiger partial charge in [-0.3, -0.25) is 0 Å². The summed E-state index contributed by atoms with van der Waals surface area (Å²) >= 11 is 3.30. The van der Waals surface area contributed by atoms with Gasteiger partial charge in [-0.25, -0.2) is 0 Å². The lowest BCUT2D eigenvalue weighted by molar-refractivity contribution is -0.254. The maximum Gasteiger partial charge on any atom is 0.0736 e. The molecule has 0 amide bonds.